The normalized spacial score (nSPS) is 11.4. The average molecular weight is 371 g/mol. The molecular formula is C17H14ClF3N2O2. The second-order valence-electron chi connectivity index (χ2n) is 4.87. The summed E-state index contributed by atoms with van der Waals surface area (Å²) in [4.78, 5) is 11.8. The van der Waals surface area contributed by atoms with Crippen molar-refractivity contribution in [2.75, 3.05) is 12.4 Å². The fourth-order valence-corrected chi connectivity index (χ4v) is 2.22. The summed E-state index contributed by atoms with van der Waals surface area (Å²) in [5, 5.41) is 4.27. The van der Waals surface area contributed by atoms with E-state index in [0.717, 1.165) is 17.7 Å². The van der Waals surface area contributed by atoms with Crippen LogP contribution in [0, 0.1) is 0 Å². The molecule has 0 aliphatic carbocycles. The summed E-state index contributed by atoms with van der Waals surface area (Å²) >= 11 is 5.53. The Balaban J connectivity index is 2.02. The molecule has 2 aromatic rings. The predicted octanol–water partition coefficient (Wildman–Crippen LogP) is 5.16. The molecule has 0 saturated heterocycles. The Morgan fingerprint density at radius 3 is 2.60 bits per heavy atom. The van der Waals surface area contributed by atoms with Gasteiger partial charge in [-0.1, -0.05) is 29.8 Å². The minimum absolute atomic E-state index is 0.0279. The van der Waals surface area contributed by atoms with Crippen molar-refractivity contribution in [3.8, 4) is 5.75 Å². The van der Waals surface area contributed by atoms with E-state index >= 15 is 0 Å². The van der Waals surface area contributed by atoms with Gasteiger partial charge in [0.1, 0.15) is 5.75 Å². The second-order valence-corrected chi connectivity index (χ2v) is 5.27. The van der Waals surface area contributed by atoms with Gasteiger partial charge in [-0.15, -0.1) is 0 Å². The highest BCUT2D eigenvalue weighted by Gasteiger charge is 2.33. The number of alkyl halides is 3. The van der Waals surface area contributed by atoms with Crippen molar-refractivity contribution in [1.29, 1.82) is 0 Å². The summed E-state index contributed by atoms with van der Waals surface area (Å²) in [6.45, 7) is 0. The molecule has 0 aliphatic rings. The van der Waals surface area contributed by atoms with Crippen LogP contribution in [0.5, 0.6) is 5.75 Å². The van der Waals surface area contributed by atoms with Crippen LogP contribution in [0.2, 0.25) is 5.02 Å². The van der Waals surface area contributed by atoms with Crippen LogP contribution >= 0.6 is 11.6 Å². The first-order valence-electron chi connectivity index (χ1n) is 7.05. The molecule has 132 valence electrons. The van der Waals surface area contributed by atoms with Gasteiger partial charge in [-0.2, -0.15) is 13.2 Å². The molecule has 0 bridgehead atoms. The lowest BCUT2D eigenvalue weighted by molar-refractivity contribution is -0.137. The summed E-state index contributed by atoms with van der Waals surface area (Å²) in [5.41, 5.74) is -0.312. The molecule has 0 fully saturated rings. The Kier molecular flexibility index (Phi) is 5.93. The molecule has 8 heteroatoms. The van der Waals surface area contributed by atoms with E-state index in [1.54, 1.807) is 30.3 Å². The highest BCUT2D eigenvalue weighted by atomic mass is 35.5. The minimum atomic E-state index is -4.60. The number of anilines is 1. The van der Waals surface area contributed by atoms with Crippen LogP contribution in [-0.2, 0) is 6.18 Å². The first-order valence-corrected chi connectivity index (χ1v) is 7.43. The van der Waals surface area contributed by atoms with Crippen LogP contribution < -0.4 is 15.4 Å². The lowest BCUT2D eigenvalue weighted by atomic mass is 10.2. The molecule has 0 aliphatic heterocycles. The van der Waals surface area contributed by atoms with Crippen LogP contribution in [0.3, 0.4) is 0 Å². The Labute approximate surface area is 147 Å². The first-order chi connectivity index (χ1) is 11.8. The van der Waals surface area contributed by atoms with Gasteiger partial charge in [0.25, 0.3) is 0 Å². The van der Waals surface area contributed by atoms with Crippen LogP contribution in [-0.4, -0.2) is 13.1 Å². The molecule has 0 spiro atoms. The third kappa shape index (κ3) is 5.15. The number of para-hydroxylation sites is 1. The zero-order chi connectivity index (χ0) is 18.4. The summed E-state index contributed by atoms with van der Waals surface area (Å²) in [5.74, 6) is 0.619. The number of nitrogens with one attached hydrogen (secondary N) is 2. The highest BCUT2D eigenvalue weighted by Crippen LogP contribution is 2.36. The number of hydrogen-bond donors (Lipinski definition) is 2. The molecule has 2 amide bonds. The summed E-state index contributed by atoms with van der Waals surface area (Å²) in [7, 11) is 1.52. The third-order valence-corrected chi connectivity index (χ3v) is 3.48. The molecule has 0 atom stereocenters. The molecule has 2 N–H and O–H groups in total. The van der Waals surface area contributed by atoms with Gasteiger partial charge in [-0.25, -0.2) is 4.79 Å². The standard InChI is InChI=1S/C17H14ClF3N2O2/c1-25-15-5-3-2-4-11(15)8-9-22-16(24)23-12-6-7-14(18)13(10-12)17(19,20)21/h2-10H,1H3,(H2,22,23,24)/b9-8+. The van der Waals surface area contributed by atoms with Crippen molar-refractivity contribution in [2.45, 2.75) is 6.18 Å². The third-order valence-electron chi connectivity index (χ3n) is 3.15. The Hall–Kier alpha value is -2.67. The molecule has 25 heavy (non-hydrogen) atoms. The number of ether oxygens (including phenoxy) is 1. The number of rotatable bonds is 4. The topological polar surface area (TPSA) is 50.4 Å². The van der Waals surface area contributed by atoms with Gasteiger partial charge in [-0.05, 0) is 30.3 Å². The molecule has 0 unspecified atom stereocenters. The van der Waals surface area contributed by atoms with Crippen LogP contribution in [0.1, 0.15) is 11.1 Å². The van der Waals surface area contributed by atoms with Crippen molar-refractivity contribution >= 4 is 29.4 Å². The van der Waals surface area contributed by atoms with Crippen LogP contribution in [0.25, 0.3) is 6.08 Å². The van der Waals surface area contributed by atoms with Gasteiger partial charge >= 0.3 is 12.2 Å². The largest absolute Gasteiger partial charge is 0.496 e. The fraction of sp³-hybridized carbons (Fsp3) is 0.118. The number of carbonyl (C=O) groups excluding carboxylic acids is 1. The summed E-state index contributed by atoms with van der Waals surface area (Å²) in [6, 6.07) is 9.57. The van der Waals surface area contributed by atoms with E-state index in [0.29, 0.717) is 5.75 Å². The van der Waals surface area contributed by atoms with Crippen molar-refractivity contribution in [1.82, 2.24) is 5.32 Å². The molecule has 4 nitrogen and oxygen atoms in total. The van der Waals surface area contributed by atoms with E-state index in [-0.39, 0.29) is 5.69 Å². The molecular weight excluding hydrogens is 357 g/mol. The minimum Gasteiger partial charge on any atom is -0.496 e. The summed E-state index contributed by atoms with van der Waals surface area (Å²) < 4.78 is 43.5. The van der Waals surface area contributed by atoms with Crippen molar-refractivity contribution in [3.63, 3.8) is 0 Å². The number of halogens is 4. The van der Waals surface area contributed by atoms with Gasteiger partial charge < -0.3 is 15.4 Å². The maximum atomic E-state index is 12.8. The average Bonchev–Trinajstić information content (AvgIpc) is 2.56. The number of methoxy groups -OCH3 is 1. The van der Waals surface area contributed by atoms with E-state index in [4.69, 9.17) is 16.3 Å². The number of amides is 2. The van der Waals surface area contributed by atoms with Crippen LogP contribution in [0.4, 0.5) is 23.7 Å². The van der Waals surface area contributed by atoms with Gasteiger partial charge in [0.15, 0.2) is 0 Å². The highest BCUT2D eigenvalue weighted by molar-refractivity contribution is 6.31. The second kappa shape index (κ2) is 7.94. The van der Waals surface area contributed by atoms with E-state index in [9.17, 15) is 18.0 Å². The smallest absolute Gasteiger partial charge is 0.417 e. The number of benzene rings is 2. The Morgan fingerprint density at radius 1 is 1.20 bits per heavy atom. The first kappa shape index (κ1) is 18.7. The van der Waals surface area contributed by atoms with Gasteiger partial charge in [0.05, 0.1) is 17.7 Å². The lowest BCUT2D eigenvalue weighted by Crippen LogP contribution is -2.24. The van der Waals surface area contributed by atoms with Gasteiger partial charge in [0, 0.05) is 17.5 Å². The number of carbonyl (C=O) groups is 1. The quantitative estimate of drug-likeness (QED) is 0.781. The van der Waals surface area contributed by atoms with Gasteiger partial charge in [-0.3, -0.25) is 0 Å². The number of urea groups is 1. The van der Waals surface area contributed by atoms with E-state index in [1.807, 2.05) is 0 Å². The predicted molar refractivity (Wildman–Crippen MR) is 90.6 cm³/mol. The fourth-order valence-electron chi connectivity index (χ4n) is 2.00. The van der Waals surface area contributed by atoms with Gasteiger partial charge in [0.2, 0.25) is 0 Å². The Bertz CT molecular complexity index is 792. The molecule has 0 heterocycles. The van der Waals surface area contributed by atoms with Crippen LogP contribution in [0.15, 0.2) is 48.7 Å². The van der Waals surface area contributed by atoms with E-state index in [1.165, 1.54) is 19.4 Å². The molecule has 2 aromatic carbocycles. The molecule has 0 radical (unpaired) electrons. The van der Waals surface area contributed by atoms with Crippen molar-refractivity contribution in [3.05, 3.63) is 64.8 Å². The maximum Gasteiger partial charge on any atom is 0.417 e. The van der Waals surface area contributed by atoms with Crippen molar-refractivity contribution in [2.24, 2.45) is 0 Å². The van der Waals surface area contributed by atoms with E-state index < -0.39 is 22.8 Å². The molecule has 2 rings (SSSR count). The van der Waals surface area contributed by atoms with E-state index in [2.05, 4.69) is 10.6 Å². The molecule has 0 aromatic heterocycles. The monoisotopic (exact) mass is 370 g/mol. The maximum absolute atomic E-state index is 12.8. The summed E-state index contributed by atoms with van der Waals surface area (Å²) in [6.07, 6.45) is -1.65. The zero-order valence-electron chi connectivity index (χ0n) is 13.0. The SMILES string of the molecule is COc1ccccc1/C=C/NC(=O)Nc1ccc(Cl)c(C(F)(F)F)c1. The molecule has 0 saturated carbocycles. The van der Waals surface area contributed by atoms with Crippen molar-refractivity contribution < 1.29 is 22.7 Å². The zero-order valence-corrected chi connectivity index (χ0v) is 13.8. The number of hydrogen-bond acceptors (Lipinski definition) is 2. The lowest BCUT2D eigenvalue weighted by Gasteiger charge is -2.11. The Morgan fingerprint density at radius 2 is 1.92 bits per heavy atom.